The lowest BCUT2D eigenvalue weighted by molar-refractivity contribution is -0.147. The van der Waals surface area contributed by atoms with Gasteiger partial charge in [-0.25, -0.2) is 9.18 Å². The summed E-state index contributed by atoms with van der Waals surface area (Å²) in [7, 11) is 0. The molecule has 0 heterocycles. The van der Waals surface area contributed by atoms with Crippen LogP contribution < -0.4 is 5.32 Å². The molecule has 1 atom stereocenters. The summed E-state index contributed by atoms with van der Waals surface area (Å²) in [5, 5.41) is 2.29. The maximum Gasteiger partial charge on any atom is 0.417 e. The molecule has 1 aromatic carbocycles. The summed E-state index contributed by atoms with van der Waals surface area (Å²) in [6, 6.07) is 0.676. The molecule has 1 aromatic rings. The van der Waals surface area contributed by atoms with Crippen LogP contribution in [-0.2, 0) is 15.7 Å². The Morgan fingerprint density at radius 2 is 1.75 bits per heavy atom. The van der Waals surface area contributed by atoms with Gasteiger partial charge in [-0.2, -0.15) is 13.2 Å². The first kappa shape index (κ1) is 23.9. The molecule has 0 aliphatic heterocycles. The van der Waals surface area contributed by atoms with Crippen molar-refractivity contribution in [2.45, 2.75) is 65.1 Å². The van der Waals surface area contributed by atoms with E-state index in [0.717, 1.165) is 37.8 Å². The largest absolute Gasteiger partial charge is 0.464 e. The van der Waals surface area contributed by atoms with Gasteiger partial charge in [0.1, 0.15) is 11.9 Å². The monoisotopic (exact) mass is 405 g/mol. The minimum absolute atomic E-state index is 0.186. The number of rotatable bonds is 10. The third kappa shape index (κ3) is 7.48. The van der Waals surface area contributed by atoms with Crippen molar-refractivity contribution < 1.29 is 31.9 Å². The van der Waals surface area contributed by atoms with E-state index in [4.69, 9.17) is 4.74 Å². The SMILES string of the molecule is CCCCCCCOC(=O)C(NC(=O)c1ccc(F)cc1C(F)(F)F)C(C)C. The predicted octanol–water partition coefficient (Wildman–Crippen LogP) is 5.11. The van der Waals surface area contributed by atoms with E-state index < -0.39 is 47.0 Å². The molecule has 1 N–H and O–H groups in total. The zero-order chi connectivity index (χ0) is 21.3. The highest BCUT2D eigenvalue weighted by atomic mass is 19.4. The topological polar surface area (TPSA) is 55.4 Å². The Morgan fingerprint density at radius 3 is 2.32 bits per heavy atom. The zero-order valence-electron chi connectivity index (χ0n) is 16.4. The van der Waals surface area contributed by atoms with Gasteiger partial charge in [0, 0.05) is 0 Å². The predicted molar refractivity (Wildman–Crippen MR) is 97.2 cm³/mol. The van der Waals surface area contributed by atoms with Crippen molar-refractivity contribution in [3.8, 4) is 0 Å². The quantitative estimate of drug-likeness (QED) is 0.334. The van der Waals surface area contributed by atoms with E-state index in [0.29, 0.717) is 6.42 Å². The number of esters is 1. The van der Waals surface area contributed by atoms with E-state index in [1.54, 1.807) is 13.8 Å². The summed E-state index contributed by atoms with van der Waals surface area (Å²) < 4.78 is 57.7. The average molecular weight is 405 g/mol. The van der Waals surface area contributed by atoms with Crippen molar-refractivity contribution in [3.05, 3.63) is 35.1 Å². The van der Waals surface area contributed by atoms with E-state index in [-0.39, 0.29) is 12.7 Å². The molecule has 28 heavy (non-hydrogen) atoms. The standard InChI is InChI=1S/C20H27F4NO3/c1-4-5-6-7-8-11-28-19(27)17(13(2)3)25-18(26)15-10-9-14(21)12-16(15)20(22,23)24/h9-10,12-13,17H,4-8,11H2,1-3H3,(H,25,26). The van der Waals surface area contributed by atoms with Crippen LogP contribution in [0.4, 0.5) is 17.6 Å². The average Bonchev–Trinajstić information content (AvgIpc) is 2.61. The highest BCUT2D eigenvalue weighted by Gasteiger charge is 2.37. The lowest BCUT2D eigenvalue weighted by Gasteiger charge is -2.22. The second kappa shape index (κ2) is 11.0. The number of carbonyl (C=O) groups is 2. The highest BCUT2D eigenvalue weighted by molar-refractivity contribution is 5.98. The Balaban J connectivity index is 2.79. The molecule has 1 unspecified atom stereocenters. The van der Waals surface area contributed by atoms with Crippen LogP contribution in [0.5, 0.6) is 0 Å². The van der Waals surface area contributed by atoms with Crippen LogP contribution in [-0.4, -0.2) is 24.5 Å². The molecule has 0 aromatic heterocycles. The van der Waals surface area contributed by atoms with Gasteiger partial charge in [-0.1, -0.05) is 46.5 Å². The fourth-order valence-electron chi connectivity index (χ4n) is 2.63. The molecule has 1 rings (SSSR count). The van der Waals surface area contributed by atoms with Crippen LogP contribution in [0.3, 0.4) is 0 Å². The zero-order valence-corrected chi connectivity index (χ0v) is 16.4. The van der Waals surface area contributed by atoms with E-state index >= 15 is 0 Å². The molecule has 0 spiro atoms. The van der Waals surface area contributed by atoms with Gasteiger partial charge in [0.05, 0.1) is 17.7 Å². The van der Waals surface area contributed by atoms with Crippen LogP contribution in [0.15, 0.2) is 18.2 Å². The third-order valence-electron chi connectivity index (χ3n) is 4.23. The number of alkyl halides is 3. The normalized spacial score (nSPS) is 12.7. The van der Waals surface area contributed by atoms with Gasteiger partial charge in [0.15, 0.2) is 0 Å². The molecule has 4 nitrogen and oxygen atoms in total. The number of amides is 1. The van der Waals surface area contributed by atoms with Crippen molar-refractivity contribution in [2.24, 2.45) is 5.92 Å². The molecule has 0 saturated carbocycles. The molecule has 0 radical (unpaired) electrons. The molecule has 0 aliphatic carbocycles. The number of nitrogens with one attached hydrogen (secondary N) is 1. The maximum atomic E-state index is 13.2. The van der Waals surface area contributed by atoms with Crippen molar-refractivity contribution >= 4 is 11.9 Å². The van der Waals surface area contributed by atoms with Crippen LogP contribution in [0, 0.1) is 11.7 Å². The van der Waals surface area contributed by atoms with Crippen molar-refractivity contribution in [1.29, 1.82) is 0 Å². The molecule has 0 bridgehead atoms. The number of unbranched alkanes of at least 4 members (excludes halogenated alkanes) is 4. The lowest BCUT2D eigenvalue weighted by Crippen LogP contribution is -2.45. The Labute approximate surface area is 162 Å². The number of hydrogen-bond acceptors (Lipinski definition) is 3. The van der Waals surface area contributed by atoms with Crippen LogP contribution >= 0.6 is 0 Å². The van der Waals surface area contributed by atoms with Gasteiger partial charge < -0.3 is 10.1 Å². The summed E-state index contributed by atoms with van der Waals surface area (Å²) in [5.74, 6) is -3.31. The second-order valence-electron chi connectivity index (χ2n) is 6.96. The minimum atomic E-state index is -4.90. The van der Waals surface area contributed by atoms with Gasteiger partial charge in [0.2, 0.25) is 0 Å². The molecule has 8 heteroatoms. The van der Waals surface area contributed by atoms with Gasteiger partial charge in [0.25, 0.3) is 5.91 Å². The highest BCUT2D eigenvalue weighted by Crippen LogP contribution is 2.32. The fraction of sp³-hybridized carbons (Fsp3) is 0.600. The van der Waals surface area contributed by atoms with Gasteiger partial charge >= 0.3 is 12.1 Å². The molecular weight excluding hydrogens is 378 g/mol. The van der Waals surface area contributed by atoms with Crippen molar-refractivity contribution in [2.75, 3.05) is 6.61 Å². The van der Waals surface area contributed by atoms with E-state index in [2.05, 4.69) is 12.2 Å². The number of ether oxygens (including phenoxy) is 1. The van der Waals surface area contributed by atoms with Crippen LogP contribution in [0.25, 0.3) is 0 Å². The third-order valence-corrected chi connectivity index (χ3v) is 4.23. The van der Waals surface area contributed by atoms with Gasteiger partial charge in [-0.05, 0) is 30.5 Å². The number of carbonyl (C=O) groups excluding carboxylic acids is 2. The lowest BCUT2D eigenvalue weighted by atomic mass is 10.0. The van der Waals surface area contributed by atoms with Gasteiger partial charge in [-0.15, -0.1) is 0 Å². The Hall–Kier alpha value is -2.12. The van der Waals surface area contributed by atoms with E-state index in [9.17, 15) is 27.2 Å². The maximum absolute atomic E-state index is 13.2. The Bertz CT molecular complexity index is 659. The first-order chi connectivity index (χ1) is 13.1. The Morgan fingerprint density at radius 1 is 1.11 bits per heavy atom. The molecule has 0 fully saturated rings. The van der Waals surface area contributed by atoms with Crippen LogP contribution in [0.1, 0.15) is 68.8 Å². The summed E-state index contributed by atoms with van der Waals surface area (Å²) in [6.07, 6.45) is -0.0995. The Kier molecular flexibility index (Phi) is 9.41. The first-order valence-corrected chi connectivity index (χ1v) is 9.42. The summed E-state index contributed by atoms with van der Waals surface area (Å²) in [5.41, 5.74) is -2.14. The summed E-state index contributed by atoms with van der Waals surface area (Å²) >= 11 is 0. The van der Waals surface area contributed by atoms with Crippen molar-refractivity contribution in [3.63, 3.8) is 0 Å². The fourth-order valence-corrected chi connectivity index (χ4v) is 2.63. The molecule has 0 saturated heterocycles. The van der Waals surface area contributed by atoms with E-state index in [1.807, 2.05) is 0 Å². The molecular formula is C20H27F4NO3. The van der Waals surface area contributed by atoms with Crippen molar-refractivity contribution in [1.82, 2.24) is 5.32 Å². The number of hydrogen-bond donors (Lipinski definition) is 1. The molecule has 1 amide bonds. The van der Waals surface area contributed by atoms with E-state index in [1.165, 1.54) is 0 Å². The number of halogens is 4. The minimum Gasteiger partial charge on any atom is -0.464 e. The first-order valence-electron chi connectivity index (χ1n) is 9.42. The molecule has 158 valence electrons. The smallest absolute Gasteiger partial charge is 0.417 e. The number of benzene rings is 1. The summed E-state index contributed by atoms with van der Waals surface area (Å²) in [6.45, 7) is 5.55. The van der Waals surface area contributed by atoms with Crippen LogP contribution in [0.2, 0.25) is 0 Å². The second-order valence-corrected chi connectivity index (χ2v) is 6.96. The molecule has 0 aliphatic rings. The summed E-state index contributed by atoms with van der Waals surface area (Å²) in [4.78, 5) is 24.6. The van der Waals surface area contributed by atoms with Gasteiger partial charge in [-0.3, -0.25) is 4.79 Å².